The van der Waals surface area contributed by atoms with Crippen LogP contribution in [0.2, 0.25) is 0 Å². The van der Waals surface area contributed by atoms with Gasteiger partial charge in [0.1, 0.15) is 6.61 Å². The number of nitrogens with one attached hydrogen (secondary N) is 1. The third-order valence-corrected chi connectivity index (χ3v) is 3.29. The van der Waals surface area contributed by atoms with E-state index in [-0.39, 0.29) is 12.4 Å². The van der Waals surface area contributed by atoms with Crippen molar-refractivity contribution < 1.29 is 13.5 Å². The third kappa shape index (κ3) is 3.55. The average molecular weight is 342 g/mol. The lowest BCUT2D eigenvalue weighted by Gasteiger charge is -2.12. The first-order chi connectivity index (χ1) is 9.61. The number of hydrogen-bond acceptors (Lipinski definition) is 2. The van der Waals surface area contributed by atoms with E-state index in [9.17, 15) is 8.78 Å². The van der Waals surface area contributed by atoms with Crippen LogP contribution in [0.5, 0.6) is 5.75 Å². The number of benzene rings is 2. The van der Waals surface area contributed by atoms with E-state index < -0.39 is 11.6 Å². The van der Waals surface area contributed by atoms with Crippen LogP contribution in [0, 0.1) is 11.6 Å². The maximum Gasteiger partial charge on any atom is 0.200 e. The zero-order valence-corrected chi connectivity index (χ0v) is 12.5. The van der Waals surface area contributed by atoms with Gasteiger partial charge in [0, 0.05) is 11.0 Å². The monoisotopic (exact) mass is 341 g/mol. The Kier molecular flexibility index (Phi) is 5.09. The van der Waals surface area contributed by atoms with Crippen LogP contribution >= 0.6 is 15.9 Å². The molecule has 106 valence electrons. The zero-order valence-electron chi connectivity index (χ0n) is 10.9. The lowest BCUT2D eigenvalue weighted by molar-refractivity contribution is 0.283. The summed E-state index contributed by atoms with van der Waals surface area (Å²) in [5.41, 5.74) is 1.99. The van der Waals surface area contributed by atoms with Crippen LogP contribution in [-0.2, 0) is 13.2 Å². The first-order valence-electron chi connectivity index (χ1n) is 6.10. The van der Waals surface area contributed by atoms with Crippen LogP contribution in [0.3, 0.4) is 0 Å². The lowest BCUT2D eigenvalue weighted by Crippen LogP contribution is -2.09. The van der Waals surface area contributed by atoms with Crippen LogP contribution in [0.1, 0.15) is 11.1 Å². The second-order valence-corrected chi connectivity index (χ2v) is 5.20. The van der Waals surface area contributed by atoms with Gasteiger partial charge in [-0.25, -0.2) is 4.39 Å². The highest BCUT2D eigenvalue weighted by atomic mass is 79.9. The summed E-state index contributed by atoms with van der Waals surface area (Å²) in [6.45, 7) is 0.875. The molecule has 1 N–H and O–H groups in total. The minimum absolute atomic E-state index is 0.101. The highest BCUT2D eigenvalue weighted by Gasteiger charge is 2.12. The Hall–Kier alpha value is -1.46. The Morgan fingerprint density at radius 2 is 1.85 bits per heavy atom. The summed E-state index contributed by atoms with van der Waals surface area (Å²) in [5, 5.41) is 3.06. The summed E-state index contributed by atoms with van der Waals surface area (Å²) in [6.07, 6.45) is 0. The molecule has 2 rings (SSSR count). The van der Waals surface area contributed by atoms with E-state index in [4.69, 9.17) is 4.74 Å². The lowest BCUT2D eigenvalue weighted by atomic mass is 10.1. The molecule has 0 atom stereocenters. The van der Waals surface area contributed by atoms with Gasteiger partial charge in [-0.2, -0.15) is 4.39 Å². The van der Waals surface area contributed by atoms with Gasteiger partial charge in [0.05, 0.1) is 0 Å². The molecule has 0 amide bonds. The molecular formula is C15H14BrF2NO. The van der Waals surface area contributed by atoms with Crippen molar-refractivity contribution in [2.75, 3.05) is 7.05 Å². The van der Waals surface area contributed by atoms with Crippen LogP contribution in [0.25, 0.3) is 0 Å². The number of ether oxygens (including phenoxy) is 1. The number of hydrogen-bond donors (Lipinski definition) is 1. The Bertz CT molecular complexity index is 604. The van der Waals surface area contributed by atoms with Crippen LogP contribution < -0.4 is 10.1 Å². The van der Waals surface area contributed by atoms with E-state index in [0.717, 1.165) is 17.2 Å². The molecular weight excluding hydrogens is 328 g/mol. The molecule has 2 aromatic rings. The van der Waals surface area contributed by atoms with Gasteiger partial charge in [-0.1, -0.05) is 40.2 Å². The van der Waals surface area contributed by atoms with Crippen molar-refractivity contribution in [2.24, 2.45) is 0 Å². The Labute approximate surface area is 124 Å². The second kappa shape index (κ2) is 6.81. The molecule has 0 fully saturated rings. The standard InChI is InChI=1S/C15H14BrF2NO/c1-19-8-10-4-2-3-5-11(10)9-20-14-7-12(16)6-13(17)15(14)18/h2-7,19H,8-9H2,1H3. The molecule has 0 aliphatic rings. The molecule has 2 aromatic carbocycles. The number of halogens is 3. The summed E-state index contributed by atoms with van der Waals surface area (Å²) >= 11 is 3.12. The molecule has 0 aromatic heterocycles. The van der Waals surface area contributed by atoms with E-state index in [1.54, 1.807) is 0 Å². The third-order valence-electron chi connectivity index (χ3n) is 2.83. The predicted molar refractivity (Wildman–Crippen MR) is 77.6 cm³/mol. The van der Waals surface area contributed by atoms with E-state index >= 15 is 0 Å². The average Bonchev–Trinajstić information content (AvgIpc) is 2.43. The normalized spacial score (nSPS) is 10.6. The molecule has 0 saturated heterocycles. The van der Waals surface area contributed by atoms with Crippen LogP contribution in [-0.4, -0.2) is 7.05 Å². The van der Waals surface area contributed by atoms with Gasteiger partial charge < -0.3 is 10.1 Å². The molecule has 20 heavy (non-hydrogen) atoms. The Balaban J connectivity index is 2.17. The van der Waals surface area contributed by atoms with Gasteiger partial charge in [0.25, 0.3) is 0 Å². The minimum atomic E-state index is -0.973. The molecule has 0 aliphatic carbocycles. The Morgan fingerprint density at radius 3 is 2.55 bits per heavy atom. The molecule has 2 nitrogen and oxygen atoms in total. The molecule has 0 spiro atoms. The largest absolute Gasteiger partial charge is 0.486 e. The van der Waals surface area contributed by atoms with Gasteiger partial charge in [0.2, 0.25) is 5.82 Å². The molecule has 5 heteroatoms. The van der Waals surface area contributed by atoms with Gasteiger partial charge in [-0.15, -0.1) is 0 Å². The van der Waals surface area contributed by atoms with Crippen molar-refractivity contribution in [1.82, 2.24) is 5.32 Å². The first kappa shape index (κ1) is 14.9. The van der Waals surface area contributed by atoms with Crippen molar-refractivity contribution >= 4 is 15.9 Å². The summed E-state index contributed by atoms with van der Waals surface area (Å²) in [6, 6.07) is 10.2. The predicted octanol–water partition coefficient (Wildman–Crippen LogP) is 4.03. The molecule has 0 saturated carbocycles. The highest BCUT2D eigenvalue weighted by molar-refractivity contribution is 9.10. The van der Waals surface area contributed by atoms with E-state index in [0.29, 0.717) is 11.0 Å². The van der Waals surface area contributed by atoms with E-state index in [2.05, 4.69) is 21.2 Å². The summed E-state index contributed by atoms with van der Waals surface area (Å²) in [4.78, 5) is 0. The van der Waals surface area contributed by atoms with E-state index in [1.165, 1.54) is 6.07 Å². The smallest absolute Gasteiger partial charge is 0.200 e. The minimum Gasteiger partial charge on any atom is -0.486 e. The van der Waals surface area contributed by atoms with Crippen molar-refractivity contribution in [2.45, 2.75) is 13.2 Å². The van der Waals surface area contributed by atoms with Crippen molar-refractivity contribution in [3.63, 3.8) is 0 Å². The summed E-state index contributed by atoms with van der Waals surface area (Å²) < 4.78 is 32.7. The van der Waals surface area contributed by atoms with Crippen molar-refractivity contribution in [1.29, 1.82) is 0 Å². The summed E-state index contributed by atoms with van der Waals surface area (Å²) in [7, 11) is 1.85. The zero-order chi connectivity index (χ0) is 14.5. The maximum atomic E-state index is 13.6. The fraction of sp³-hybridized carbons (Fsp3) is 0.200. The first-order valence-corrected chi connectivity index (χ1v) is 6.90. The topological polar surface area (TPSA) is 21.3 Å². The molecule has 0 aliphatic heterocycles. The molecule has 0 radical (unpaired) electrons. The van der Waals surface area contributed by atoms with Crippen LogP contribution in [0.15, 0.2) is 40.9 Å². The molecule has 0 bridgehead atoms. The second-order valence-electron chi connectivity index (χ2n) is 4.29. The van der Waals surface area contributed by atoms with Gasteiger partial charge >= 0.3 is 0 Å². The Morgan fingerprint density at radius 1 is 1.15 bits per heavy atom. The fourth-order valence-corrected chi connectivity index (χ4v) is 2.26. The van der Waals surface area contributed by atoms with Gasteiger partial charge in [-0.3, -0.25) is 0 Å². The molecule has 0 heterocycles. The van der Waals surface area contributed by atoms with Gasteiger partial charge in [0.15, 0.2) is 11.6 Å². The quantitative estimate of drug-likeness (QED) is 0.829. The van der Waals surface area contributed by atoms with Gasteiger partial charge in [-0.05, 0) is 30.3 Å². The molecule has 0 unspecified atom stereocenters. The van der Waals surface area contributed by atoms with Crippen molar-refractivity contribution in [3.05, 3.63) is 63.6 Å². The van der Waals surface area contributed by atoms with Crippen LogP contribution in [0.4, 0.5) is 8.78 Å². The SMILES string of the molecule is CNCc1ccccc1COc1cc(Br)cc(F)c1F. The van der Waals surface area contributed by atoms with E-state index in [1.807, 2.05) is 31.3 Å². The fourth-order valence-electron chi connectivity index (χ4n) is 1.85. The van der Waals surface area contributed by atoms with Crippen molar-refractivity contribution in [3.8, 4) is 5.75 Å². The number of rotatable bonds is 5. The maximum absolute atomic E-state index is 13.6. The highest BCUT2D eigenvalue weighted by Crippen LogP contribution is 2.26. The summed E-state index contributed by atoms with van der Waals surface area (Å²) in [5.74, 6) is -2.01.